The Labute approximate surface area is 111 Å². The zero-order valence-electron chi connectivity index (χ0n) is 9.91. The standard InChI is InChI=1S/C14H13ClN2O/c1-9-6-7-11(15)13(8-9)18-12-5-3-2-4-10(12)14(16)17/h2-8H,1H3,(H3,16,17). The van der Waals surface area contributed by atoms with Crippen LogP contribution in [0.4, 0.5) is 0 Å². The van der Waals surface area contributed by atoms with Crippen LogP contribution in [0.5, 0.6) is 11.5 Å². The van der Waals surface area contributed by atoms with E-state index in [1.165, 1.54) is 0 Å². The molecule has 0 unspecified atom stereocenters. The van der Waals surface area contributed by atoms with Gasteiger partial charge in [-0.15, -0.1) is 0 Å². The summed E-state index contributed by atoms with van der Waals surface area (Å²) in [5.74, 6) is 1.05. The summed E-state index contributed by atoms with van der Waals surface area (Å²) in [6.07, 6.45) is 0. The van der Waals surface area contributed by atoms with E-state index >= 15 is 0 Å². The summed E-state index contributed by atoms with van der Waals surface area (Å²) >= 11 is 6.07. The van der Waals surface area contributed by atoms with Crippen LogP contribution in [0.25, 0.3) is 0 Å². The summed E-state index contributed by atoms with van der Waals surface area (Å²) in [5, 5.41) is 8.03. The molecule has 3 nitrogen and oxygen atoms in total. The fourth-order valence-electron chi connectivity index (χ4n) is 1.59. The third-order valence-electron chi connectivity index (χ3n) is 2.48. The smallest absolute Gasteiger partial charge is 0.146 e. The summed E-state index contributed by atoms with van der Waals surface area (Å²) in [7, 11) is 0. The molecule has 0 aliphatic carbocycles. The van der Waals surface area contributed by atoms with E-state index in [0.717, 1.165) is 5.56 Å². The molecule has 0 atom stereocenters. The maximum atomic E-state index is 7.50. The molecule has 0 aliphatic heterocycles. The van der Waals surface area contributed by atoms with Gasteiger partial charge in [0.15, 0.2) is 0 Å². The average molecular weight is 261 g/mol. The molecule has 0 aromatic heterocycles. The molecule has 0 spiro atoms. The largest absolute Gasteiger partial charge is 0.455 e. The molecule has 2 aromatic rings. The number of nitrogens with one attached hydrogen (secondary N) is 1. The molecule has 0 saturated heterocycles. The SMILES string of the molecule is Cc1ccc(Cl)c(Oc2ccccc2C(=N)N)c1. The van der Waals surface area contributed by atoms with Crippen LogP contribution in [-0.4, -0.2) is 5.84 Å². The highest BCUT2D eigenvalue weighted by Crippen LogP contribution is 2.31. The van der Waals surface area contributed by atoms with Crippen molar-refractivity contribution in [1.29, 1.82) is 5.41 Å². The van der Waals surface area contributed by atoms with Gasteiger partial charge in [-0.1, -0.05) is 29.8 Å². The number of halogens is 1. The molecule has 0 fully saturated rings. The predicted octanol–water partition coefficient (Wildman–Crippen LogP) is 3.72. The Morgan fingerprint density at radius 3 is 2.61 bits per heavy atom. The molecular weight excluding hydrogens is 248 g/mol. The van der Waals surface area contributed by atoms with Crippen molar-refractivity contribution < 1.29 is 4.74 Å². The van der Waals surface area contributed by atoms with Crippen molar-refractivity contribution in [3.63, 3.8) is 0 Å². The lowest BCUT2D eigenvalue weighted by Gasteiger charge is -2.11. The third kappa shape index (κ3) is 2.63. The topological polar surface area (TPSA) is 59.1 Å². The summed E-state index contributed by atoms with van der Waals surface area (Å²) < 4.78 is 5.73. The van der Waals surface area contributed by atoms with Crippen molar-refractivity contribution in [2.24, 2.45) is 5.73 Å². The first-order valence-electron chi connectivity index (χ1n) is 5.45. The first kappa shape index (κ1) is 12.5. The van der Waals surface area contributed by atoms with E-state index in [4.69, 9.17) is 27.5 Å². The van der Waals surface area contributed by atoms with Gasteiger partial charge in [-0.05, 0) is 36.8 Å². The molecule has 3 N–H and O–H groups in total. The van der Waals surface area contributed by atoms with Gasteiger partial charge in [0.25, 0.3) is 0 Å². The number of amidine groups is 1. The lowest BCUT2D eigenvalue weighted by atomic mass is 10.2. The van der Waals surface area contributed by atoms with Gasteiger partial charge in [0, 0.05) is 0 Å². The van der Waals surface area contributed by atoms with Crippen LogP contribution in [0.2, 0.25) is 5.02 Å². The Morgan fingerprint density at radius 1 is 1.17 bits per heavy atom. The highest BCUT2D eigenvalue weighted by Gasteiger charge is 2.09. The second-order valence-electron chi connectivity index (χ2n) is 3.95. The van der Waals surface area contributed by atoms with E-state index in [2.05, 4.69) is 0 Å². The lowest BCUT2D eigenvalue weighted by Crippen LogP contribution is -2.12. The Kier molecular flexibility index (Phi) is 3.53. The van der Waals surface area contributed by atoms with Crippen molar-refractivity contribution in [3.8, 4) is 11.5 Å². The van der Waals surface area contributed by atoms with Crippen LogP contribution >= 0.6 is 11.6 Å². The molecule has 92 valence electrons. The van der Waals surface area contributed by atoms with E-state index < -0.39 is 0 Å². The molecular formula is C14H13ClN2O. The molecule has 2 rings (SSSR count). The Morgan fingerprint density at radius 2 is 1.89 bits per heavy atom. The molecule has 2 aromatic carbocycles. The fourth-order valence-corrected chi connectivity index (χ4v) is 1.74. The minimum Gasteiger partial charge on any atom is -0.455 e. The quantitative estimate of drug-likeness (QED) is 0.653. The van der Waals surface area contributed by atoms with Crippen LogP contribution in [0, 0.1) is 12.3 Å². The van der Waals surface area contributed by atoms with E-state index in [0.29, 0.717) is 22.1 Å². The molecule has 0 aliphatic rings. The van der Waals surface area contributed by atoms with Gasteiger partial charge in [0.05, 0.1) is 10.6 Å². The van der Waals surface area contributed by atoms with E-state index in [-0.39, 0.29) is 5.84 Å². The van der Waals surface area contributed by atoms with Crippen molar-refractivity contribution in [2.45, 2.75) is 6.92 Å². The maximum Gasteiger partial charge on any atom is 0.146 e. The zero-order valence-corrected chi connectivity index (χ0v) is 10.7. The summed E-state index contributed by atoms with van der Waals surface area (Å²) in [6, 6.07) is 12.7. The second-order valence-corrected chi connectivity index (χ2v) is 4.35. The molecule has 18 heavy (non-hydrogen) atoms. The third-order valence-corrected chi connectivity index (χ3v) is 2.80. The number of nitrogen functional groups attached to an aromatic ring is 1. The lowest BCUT2D eigenvalue weighted by molar-refractivity contribution is 0.481. The van der Waals surface area contributed by atoms with E-state index in [1.54, 1.807) is 24.3 Å². The monoisotopic (exact) mass is 260 g/mol. The van der Waals surface area contributed by atoms with Crippen LogP contribution in [-0.2, 0) is 0 Å². The summed E-state index contributed by atoms with van der Waals surface area (Å²) in [6.45, 7) is 1.96. The predicted molar refractivity (Wildman–Crippen MR) is 73.7 cm³/mol. The highest BCUT2D eigenvalue weighted by atomic mass is 35.5. The van der Waals surface area contributed by atoms with Gasteiger partial charge in [0.1, 0.15) is 17.3 Å². The number of hydrogen-bond acceptors (Lipinski definition) is 2. The number of nitrogens with two attached hydrogens (primary N) is 1. The van der Waals surface area contributed by atoms with Gasteiger partial charge in [-0.2, -0.15) is 0 Å². The Balaban J connectivity index is 2.40. The van der Waals surface area contributed by atoms with E-state index in [9.17, 15) is 0 Å². The first-order valence-corrected chi connectivity index (χ1v) is 5.83. The van der Waals surface area contributed by atoms with Gasteiger partial charge in [0.2, 0.25) is 0 Å². The minimum atomic E-state index is -0.0330. The van der Waals surface area contributed by atoms with Crippen molar-refractivity contribution >= 4 is 17.4 Å². The van der Waals surface area contributed by atoms with Crippen molar-refractivity contribution in [3.05, 3.63) is 58.6 Å². The Bertz CT molecular complexity index is 596. The number of benzene rings is 2. The molecule has 0 amide bonds. The first-order chi connectivity index (χ1) is 8.58. The number of ether oxygens (including phenoxy) is 1. The van der Waals surface area contributed by atoms with Crippen LogP contribution in [0.15, 0.2) is 42.5 Å². The maximum absolute atomic E-state index is 7.50. The molecule has 0 heterocycles. The number of hydrogen-bond donors (Lipinski definition) is 2. The molecule has 4 heteroatoms. The van der Waals surface area contributed by atoms with Crippen molar-refractivity contribution in [2.75, 3.05) is 0 Å². The number of rotatable bonds is 3. The van der Waals surface area contributed by atoms with Crippen LogP contribution in [0.1, 0.15) is 11.1 Å². The second kappa shape index (κ2) is 5.10. The van der Waals surface area contributed by atoms with Crippen molar-refractivity contribution in [1.82, 2.24) is 0 Å². The molecule has 0 bridgehead atoms. The molecule has 0 saturated carbocycles. The van der Waals surface area contributed by atoms with Gasteiger partial charge < -0.3 is 10.5 Å². The average Bonchev–Trinajstić information content (AvgIpc) is 2.34. The van der Waals surface area contributed by atoms with E-state index in [1.807, 2.05) is 25.1 Å². The van der Waals surface area contributed by atoms with Crippen LogP contribution < -0.4 is 10.5 Å². The van der Waals surface area contributed by atoms with Gasteiger partial charge in [-0.3, -0.25) is 5.41 Å². The Hall–Kier alpha value is -2.00. The van der Waals surface area contributed by atoms with Gasteiger partial charge >= 0.3 is 0 Å². The normalized spacial score (nSPS) is 10.1. The van der Waals surface area contributed by atoms with Crippen LogP contribution in [0.3, 0.4) is 0 Å². The summed E-state index contributed by atoms with van der Waals surface area (Å²) in [4.78, 5) is 0. The van der Waals surface area contributed by atoms with Gasteiger partial charge in [-0.25, -0.2) is 0 Å². The highest BCUT2D eigenvalue weighted by molar-refractivity contribution is 6.32. The number of para-hydroxylation sites is 1. The summed E-state index contributed by atoms with van der Waals surface area (Å²) in [5.41, 5.74) is 7.11. The number of aryl methyl sites for hydroxylation is 1. The zero-order chi connectivity index (χ0) is 13.1. The molecule has 0 radical (unpaired) electrons. The minimum absolute atomic E-state index is 0.0330. The fraction of sp³-hybridized carbons (Fsp3) is 0.0714.